The van der Waals surface area contributed by atoms with Gasteiger partial charge in [0.2, 0.25) is 0 Å². The summed E-state index contributed by atoms with van der Waals surface area (Å²) in [5, 5.41) is 5.27. The van der Waals surface area contributed by atoms with E-state index in [1.165, 1.54) is 11.3 Å². The first kappa shape index (κ1) is 17.9. The van der Waals surface area contributed by atoms with Gasteiger partial charge in [-0.05, 0) is 31.9 Å². The largest absolute Gasteiger partial charge is 0.462 e. The lowest BCUT2D eigenvalue weighted by Crippen LogP contribution is -2.13. The molecule has 0 aromatic carbocycles. The van der Waals surface area contributed by atoms with Crippen molar-refractivity contribution in [3.05, 3.63) is 33.9 Å². The maximum Gasteiger partial charge on any atom is 0.340 e. The molecule has 0 amide bonds. The number of thiophene rings is 1. The minimum atomic E-state index is -0.357. The van der Waals surface area contributed by atoms with E-state index in [9.17, 15) is 4.79 Å². The summed E-state index contributed by atoms with van der Waals surface area (Å²) < 4.78 is 7.85. The van der Waals surface area contributed by atoms with Crippen molar-refractivity contribution in [2.75, 3.05) is 6.61 Å². The van der Waals surface area contributed by atoms with Gasteiger partial charge in [0, 0.05) is 22.4 Å². The van der Waals surface area contributed by atoms with Crippen LogP contribution in [0.3, 0.4) is 0 Å². The molecule has 0 bridgehead atoms. The summed E-state index contributed by atoms with van der Waals surface area (Å²) in [5.74, 6) is -0.289. The number of aromatic nitrogens is 3. The second kappa shape index (κ2) is 7.14. The molecule has 0 unspecified atom stereocenters. The third kappa shape index (κ3) is 3.16. The smallest absolute Gasteiger partial charge is 0.340 e. The third-order valence-corrected chi connectivity index (χ3v) is 5.21. The summed E-state index contributed by atoms with van der Waals surface area (Å²) in [6.45, 7) is 8.88. The van der Waals surface area contributed by atoms with E-state index in [1.807, 2.05) is 37.6 Å². The fourth-order valence-electron chi connectivity index (χ4n) is 2.87. The maximum absolute atomic E-state index is 12.8. The number of pyridine rings is 1. The summed E-state index contributed by atoms with van der Waals surface area (Å²) in [6.07, 6.45) is 1.77. The molecule has 0 aliphatic rings. The Kier molecular flexibility index (Phi) is 5.11. The van der Waals surface area contributed by atoms with Crippen LogP contribution in [-0.4, -0.2) is 27.3 Å². The molecular weight excluding hydrogens is 358 g/mol. The van der Waals surface area contributed by atoms with Crippen LogP contribution in [0.1, 0.15) is 49.7 Å². The molecule has 0 saturated carbocycles. The second-order valence-corrected chi connectivity index (χ2v) is 7.64. The Morgan fingerprint density at radius 1 is 1.36 bits per heavy atom. The SMILES string of the molecule is CCOC(=O)c1c(C(C)C)nc2c(cnn2CC)c1-c1ccc(Cl)s1. The van der Waals surface area contributed by atoms with E-state index in [1.54, 1.807) is 13.1 Å². The van der Waals surface area contributed by atoms with Gasteiger partial charge in [0.1, 0.15) is 0 Å². The van der Waals surface area contributed by atoms with Gasteiger partial charge in [-0.1, -0.05) is 25.4 Å². The number of esters is 1. The Hall–Kier alpha value is -1.92. The predicted molar refractivity (Wildman–Crippen MR) is 102 cm³/mol. The Morgan fingerprint density at radius 3 is 2.68 bits per heavy atom. The van der Waals surface area contributed by atoms with Gasteiger partial charge in [-0.15, -0.1) is 11.3 Å². The fourth-order valence-corrected chi connectivity index (χ4v) is 3.98. The highest BCUT2D eigenvalue weighted by Gasteiger charge is 2.27. The monoisotopic (exact) mass is 377 g/mol. The highest BCUT2D eigenvalue weighted by molar-refractivity contribution is 7.19. The number of fused-ring (bicyclic) bond motifs is 1. The molecule has 3 rings (SSSR count). The molecule has 7 heteroatoms. The van der Waals surface area contributed by atoms with Crippen LogP contribution in [0.15, 0.2) is 18.3 Å². The number of aryl methyl sites for hydroxylation is 1. The van der Waals surface area contributed by atoms with Crippen LogP contribution in [0, 0.1) is 0 Å². The van der Waals surface area contributed by atoms with E-state index in [0.29, 0.717) is 23.1 Å². The number of ether oxygens (including phenoxy) is 1. The lowest BCUT2D eigenvalue weighted by atomic mass is 9.96. The number of hydrogen-bond acceptors (Lipinski definition) is 5. The first-order chi connectivity index (χ1) is 12.0. The van der Waals surface area contributed by atoms with E-state index in [-0.39, 0.29) is 11.9 Å². The molecule has 132 valence electrons. The van der Waals surface area contributed by atoms with Gasteiger partial charge in [-0.25, -0.2) is 14.5 Å². The molecular formula is C18H20ClN3O2S. The topological polar surface area (TPSA) is 57.0 Å². The quantitative estimate of drug-likeness (QED) is 0.578. The Bertz CT molecular complexity index is 930. The molecule has 0 radical (unpaired) electrons. The summed E-state index contributed by atoms with van der Waals surface area (Å²) in [4.78, 5) is 18.5. The Labute approximate surface area is 155 Å². The zero-order valence-electron chi connectivity index (χ0n) is 14.7. The van der Waals surface area contributed by atoms with Gasteiger partial charge in [-0.2, -0.15) is 5.10 Å². The second-order valence-electron chi connectivity index (χ2n) is 5.92. The summed E-state index contributed by atoms with van der Waals surface area (Å²) in [5.41, 5.74) is 2.82. The molecule has 0 fully saturated rings. The predicted octanol–water partition coefficient (Wildman–Crippen LogP) is 5.13. The summed E-state index contributed by atoms with van der Waals surface area (Å²) in [7, 11) is 0. The van der Waals surface area contributed by atoms with E-state index < -0.39 is 0 Å². The highest BCUT2D eigenvalue weighted by Crippen LogP contribution is 2.40. The average molecular weight is 378 g/mol. The van der Waals surface area contributed by atoms with Gasteiger partial charge in [0.05, 0.1) is 28.4 Å². The van der Waals surface area contributed by atoms with Crippen molar-refractivity contribution in [3.8, 4) is 10.4 Å². The number of nitrogens with zero attached hydrogens (tertiary/aromatic N) is 3. The Balaban J connectivity index is 2.43. The average Bonchev–Trinajstić information content (AvgIpc) is 3.18. The minimum Gasteiger partial charge on any atom is -0.462 e. The van der Waals surface area contributed by atoms with Crippen molar-refractivity contribution in [1.29, 1.82) is 0 Å². The highest BCUT2D eigenvalue weighted by atomic mass is 35.5. The van der Waals surface area contributed by atoms with Crippen molar-refractivity contribution < 1.29 is 9.53 Å². The van der Waals surface area contributed by atoms with Crippen LogP contribution >= 0.6 is 22.9 Å². The van der Waals surface area contributed by atoms with Crippen molar-refractivity contribution in [2.45, 2.75) is 40.2 Å². The van der Waals surface area contributed by atoms with Crippen LogP contribution in [0.4, 0.5) is 0 Å². The van der Waals surface area contributed by atoms with Gasteiger partial charge in [0.15, 0.2) is 5.65 Å². The number of halogens is 1. The van der Waals surface area contributed by atoms with Crippen molar-refractivity contribution in [2.24, 2.45) is 0 Å². The summed E-state index contributed by atoms with van der Waals surface area (Å²) in [6, 6.07) is 3.76. The molecule has 3 heterocycles. The molecule has 5 nitrogen and oxygen atoms in total. The lowest BCUT2D eigenvalue weighted by molar-refractivity contribution is 0.0525. The van der Waals surface area contributed by atoms with Crippen LogP contribution in [0.5, 0.6) is 0 Å². The molecule has 3 aromatic heterocycles. The van der Waals surface area contributed by atoms with Gasteiger partial charge in [0.25, 0.3) is 0 Å². The first-order valence-corrected chi connectivity index (χ1v) is 9.49. The van der Waals surface area contributed by atoms with E-state index in [0.717, 1.165) is 27.2 Å². The standard InChI is InChI=1S/C18H20ClN3O2S/c1-5-22-17-11(9-20-22)14(12-7-8-13(19)25-12)15(18(23)24-6-2)16(21-17)10(3)4/h7-10H,5-6H2,1-4H3. The van der Waals surface area contributed by atoms with Crippen molar-refractivity contribution >= 4 is 39.9 Å². The Morgan fingerprint density at radius 2 is 2.12 bits per heavy atom. The van der Waals surface area contributed by atoms with Crippen LogP contribution in [0.2, 0.25) is 4.34 Å². The first-order valence-electron chi connectivity index (χ1n) is 8.30. The number of carbonyl (C=O) groups is 1. The molecule has 25 heavy (non-hydrogen) atoms. The van der Waals surface area contributed by atoms with E-state index >= 15 is 0 Å². The normalized spacial score (nSPS) is 11.4. The van der Waals surface area contributed by atoms with Crippen molar-refractivity contribution in [1.82, 2.24) is 14.8 Å². The molecule has 0 atom stereocenters. The molecule has 0 spiro atoms. The molecule has 0 N–H and O–H groups in total. The zero-order chi connectivity index (χ0) is 18.1. The molecule has 0 aliphatic heterocycles. The minimum absolute atomic E-state index is 0.0678. The number of hydrogen-bond donors (Lipinski definition) is 0. The van der Waals surface area contributed by atoms with Crippen molar-refractivity contribution in [3.63, 3.8) is 0 Å². The van der Waals surface area contributed by atoms with Gasteiger partial charge in [-0.3, -0.25) is 0 Å². The third-order valence-electron chi connectivity index (χ3n) is 3.96. The van der Waals surface area contributed by atoms with Crippen LogP contribution in [0.25, 0.3) is 21.5 Å². The van der Waals surface area contributed by atoms with E-state index in [4.69, 9.17) is 21.3 Å². The zero-order valence-corrected chi connectivity index (χ0v) is 16.2. The lowest BCUT2D eigenvalue weighted by Gasteiger charge is -2.16. The van der Waals surface area contributed by atoms with Crippen LogP contribution in [-0.2, 0) is 11.3 Å². The number of carbonyl (C=O) groups excluding carboxylic acids is 1. The van der Waals surface area contributed by atoms with E-state index in [2.05, 4.69) is 5.10 Å². The van der Waals surface area contributed by atoms with Crippen LogP contribution < -0.4 is 0 Å². The van der Waals surface area contributed by atoms with Gasteiger partial charge >= 0.3 is 5.97 Å². The molecule has 0 saturated heterocycles. The maximum atomic E-state index is 12.8. The summed E-state index contributed by atoms with van der Waals surface area (Å²) >= 11 is 7.59. The van der Waals surface area contributed by atoms with Gasteiger partial charge < -0.3 is 4.74 Å². The molecule has 3 aromatic rings. The molecule has 0 aliphatic carbocycles. The number of rotatable bonds is 5. The fraction of sp³-hybridized carbons (Fsp3) is 0.389.